The first-order valence-corrected chi connectivity index (χ1v) is 7.47. The highest BCUT2D eigenvalue weighted by Crippen LogP contribution is 2.40. The van der Waals surface area contributed by atoms with Crippen LogP contribution in [0, 0.1) is 6.92 Å². The summed E-state index contributed by atoms with van der Waals surface area (Å²) in [6, 6.07) is 11.0. The molecule has 0 saturated carbocycles. The van der Waals surface area contributed by atoms with E-state index in [0.717, 1.165) is 11.1 Å². The molecule has 23 heavy (non-hydrogen) atoms. The second-order valence-electron chi connectivity index (χ2n) is 5.97. The third-order valence-corrected chi connectivity index (χ3v) is 3.87. The summed E-state index contributed by atoms with van der Waals surface area (Å²) in [5.41, 5.74) is 3.15. The fourth-order valence-corrected chi connectivity index (χ4v) is 2.66. The molecule has 0 spiro atoms. The van der Waals surface area contributed by atoms with E-state index in [1.165, 1.54) is 0 Å². The average Bonchev–Trinajstić information content (AvgIpc) is 2.81. The van der Waals surface area contributed by atoms with Gasteiger partial charge < -0.3 is 14.7 Å². The number of phenols is 1. The van der Waals surface area contributed by atoms with E-state index < -0.39 is 0 Å². The van der Waals surface area contributed by atoms with E-state index in [1.807, 2.05) is 50.2 Å². The van der Waals surface area contributed by atoms with Crippen LogP contribution >= 0.6 is 0 Å². The van der Waals surface area contributed by atoms with Crippen LogP contribution in [0.4, 0.5) is 0 Å². The Hall–Kier alpha value is -2.59. The van der Waals surface area contributed by atoms with Gasteiger partial charge in [0, 0.05) is 6.54 Å². The number of hydrogen-bond acceptors (Lipinski definition) is 4. The summed E-state index contributed by atoms with van der Waals surface area (Å²) in [6.07, 6.45) is 1.76. The highest BCUT2D eigenvalue weighted by molar-refractivity contribution is 6.15. The van der Waals surface area contributed by atoms with Crippen molar-refractivity contribution >= 4 is 11.9 Å². The van der Waals surface area contributed by atoms with Gasteiger partial charge >= 0.3 is 0 Å². The monoisotopic (exact) mass is 309 g/mol. The van der Waals surface area contributed by atoms with Crippen molar-refractivity contribution < 1.29 is 14.6 Å². The lowest BCUT2D eigenvalue weighted by atomic mass is 10.0. The van der Waals surface area contributed by atoms with Crippen LogP contribution in [0.5, 0.6) is 11.5 Å². The number of phenolic OH excluding ortho intramolecular Hbond substituents is 1. The van der Waals surface area contributed by atoms with E-state index in [4.69, 9.17) is 4.74 Å². The lowest BCUT2D eigenvalue weighted by Crippen LogP contribution is -2.11. The van der Waals surface area contributed by atoms with Crippen LogP contribution in [-0.2, 0) is 6.54 Å². The summed E-state index contributed by atoms with van der Waals surface area (Å²) < 4.78 is 5.82. The maximum absolute atomic E-state index is 12.6. The summed E-state index contributed by atoms with van der Waals surface area (Å²) >= 11 is 0. The molecule has 2 aromatic rings. The molecule has 118 valence electrons. The zero-order valence-electron chi connectivity index (χ0n) is 13.5. The van der Waals surface area contributed by atoms with Crippen LogP contribution < -0.4 is 4.74 Å². The van der Waals surface area contributed by atoms with E-state index in [1.54, 1.807) is 18.2 Å². The average molecular weight is 309 g/mol. The van der Waals surface area contributed by atoms with Gasteiger partial charge in [-0.25, -0.2) is 0 Å². The minimum Gasteiger partial charge on any atom is -0.507 e. The Balaban J connectivity index is 2.04. The first-order valence-electron chi connectivity index (χ1n) is 7.47. The van der Waals surface area contributed by atoms with E-state index in [9.17, 15) is 9.90 Å². The molecule has 0 bridgehead atoms. The molecular formula is C19H19NO3. The molecule has 0 amide bonds. The molecular weight excluding hydrogens is 290 g/mol. The topological polar surface area (TPSA) is 49.8 Å². The zero-order chi connectivity index (χ0) is 16.6. The molecule has 0 fully saturated rings. The number of allylic oxidation sites excluding steroid dienone is 1. The summed E-state index contributed by atoms with van der Waals surface area (Å²) in [5, 5.41) is 10.1. The third-order valence-electron chi connectivity index (χ3n) is 3.87. The molecule has 4 nitrogen and oxygen atoms in total. The molecule has 1 aliphatic rings. The Bertz CT molecular complexity index is 806. The first kappa shape index (κ1) is 15.3. The number of hydrogen-bond donors (Lipinski definition) is 1. The van der Waals surface area contributed by atoms with Crippen LogP contribution in [0.15, 0.2) is 42.2 Å². The number of ketones is 1. The Morgan fingerprint density at radius 2 is 1.91 bits per heavy atom. The Labute approximate surface area is 135 Å². The van der Waals surface area contributed by atoms with Gasteiger partial charge in [-0.1, -0.05) is 24.3 Å². The fraction of sp³-hybridized carbons (Fsp3) is 0.211. The first-order chi connectivity index (χ1) is 11.0. The predicted octanol–water partition coefficient (Wildman–Crippen LogP) is 3.38. The third kappa shape index (κ3) is 2.85. The van der Waals surface area contributed by atoms with Gasteiger partial charge in [0.2, 0.25) is 5.78 Å². The minimum atomic E-state index is -0.150. The number of carbonyl (C=O) groups is 1. The van der Waals surface area contributed by atoms with Gasteiger partial charge in [-0.05, 0) is 50.4 Å². The summed E-state index contributed by atoms with van der Waals surface area (Å²) in [4.78, 5) is 14.5. The maximum Gasteiger partial charge on any atom is 0.231 e. The molecule has 0 saturated heterocycles. The quantitative estimate of drug-likeness (QED) is 0.883. The Morgan fingerprint density at radius 3 is 2.61 bits per heavy atom. The van der Waals surface area contributed by atoms with Gasteiger partial charge in [-0.2, -0.15) is 0 Å². The SMILES string of the molecule is Cc1ccccc1/C=C1/Oc2c(ccc(O)c2CN(C)C)C1=O. The van der Waals surface area contributed by atoms with Crippen molar-refractivity contribution in [3.8, 4) is 11.5 Å². The van der Waals surface area contributed by atoms with Crippen LogP contribution in [-0.4, -0.2) is 29.9 Å². The highest BCUT2D eigenvalue weighted by Gasteiger charge is 2.31. The summed E-state index contributed by atoms with van der Waals surface area (Å²) in [5.74, 6) is 0.745. The van der Waals surface area contributed by atoms with Gasteiger partial charge in [-0.15, -0.1) is 0 Å². The van der Waals surface area contributed by atoms with E-state index in [0.29, 0.717) is 29.2 Å². The number of benzene rings is 2. The van der Waals surface area contributed by atoms with Crippen molar-refractivity contribution in [2.45, 2.75) is 13.5 Å². The van der Waals surface area contributed by atoms with Gasteiger partial charge in [0.1, 0.15) is 11.5 Å². The highest BCUT2D eigenvalue weighted by atomic mass is 16.5. The van der Waals surface area contributed by atoms with Gasteiger partial charge in [0.05, 0.1) is 11.1 Å². The molecule has 0 aliphatic carbocycles. The lowest BCUT2D eigenvalue weighted by Gasteiger charge is -2.14. The number of aromatic hydroxyl groups is 1. The van der Waals surface area contributed by atoms with Crippen molar-refractivity contribution in [3.05, 3.63) is 64.4 Å². The molecule has 2 aromatic carbocycles. The molecule has 3 rings (SSSR count). The number of rotatable bonds is 3. The van der Waals surface area contributed by atoms with Crippen molar-refractivity contribution in [2.24, 2.45) is 0 Å². The maximum atomic E-state index is 12.6. The normalized spacial score (nSPS) is 15.1. The van der Waals surface area contributed by atoms with Crippen molar-refractivity contribution in [3.63, 3.8) is 0 Å². The van der Waals surface area contributed by atoms with Crippen LogP contribution in [0.2, 0.25) is 0 Å². The van der Waals surface area contributed by atoms with Crippen molar-refractivity contribution in [1.29, 1.82) is 0 Å². The fourth-order valence-electron chi connectivity index (χ4n) is 2.66. The number of ether oxygens (including phenoxy) is 1. The van der Waals surface area contributed by atoms with E-state index in [-0.39, 0.29) is 11.5 Å². The molecule has 4 heteroatoms. The number of fused-ring (bicyclic) bond motifs is 1. The van der Waals surface area contributed by atoms with Crippen LogP contribution in [0.1, 0.15) is 27.0 Å². The molecule has 0 unspecified atom stereocenters. The minimum absolute atomic E-state index is 0.141. The molecule has 1 aliphatic heterocycles. The Morgan fingerprint density at radius 1 is 1.17 bits per heavy atom. The smallest absolute Gasteiger partial charge is 0.231 e. The number of carbonyl (C=O) groups excluding carboxylic acids is 1. The molecule has 0 atom stereocenters. The van der Waals surface area contributed by atoms with Crippen LogP contribution in [0.25, 0.3) is 6.08 Å². The van der Waals surface area contributed by atoms with Gasteiger partial charge in [0.15, 0.2) is 5.76 Å². The number of nitrogens with zero attached hydrogens (tertiary/aromatic N) is 1. The van der Waals surface area contributed by atoms with Crippen molar-refractivity contribution in [1.82, 2.24) is 4.90 Å². The van der Waals surface area contributed by atoms with Gasteiger partial charge in [0.25, 0.3) is 0 Å². The largest absolute Gasteiger partial charge is 0.507 e. The second-order valence-corrected chi connectivity index (χ2v) is 5.97. The summed E-state index contributed by atoms with van der Waals surface area (Å²) in [7, 11) is 3.80. The van der Waals surface area contributed by atoms with Crippen molar-refractivity contribution in [2.75, 3.05) is 14.1 Å². The second kappa shape index (κ2) is 5.89. The zero-order valence-corrected chi connectivity index (χ0v) is 13.5. The summed E-state index contributed by atoms with van der Waals surface area (Å²) in [6.45, 7) is 2.49. The number of aryl methyl sites for hydroxylation is 1. The van der Waals surface area contributed by atoms with E-state index >= 15 is 0 Å². The molecule has 1 N–H and O–H groups in total. The van der Waals surface area contributed by atoms with Crippen LogP contribution in [0.3, 0.4) is 0 Å². The van der Waals surface area contributed by atoms with Gasteiger partial charge in [-0.3, -0.25) is 4.79 Å². The van der Waals surface area contributed by atoms with E-state index in [2.05, 4.69) is 0 Å². The predicted molar refractivity (Wildman–Crippen MR) is 89.6 cm³/mol. The lowest BCUT2D eigenvalue weighted by molar-refractivity contribution is 0.101. The molecule has 0 aromatic heterocycles. The number of Topliss-reactive ketones (excluding diaryl/α,β-unsaturated/α-hetero) is 1. The molecule has 0 radical (unpaired) electrons. The standard InChI is InChI=1S/C19H19NO3/c1-12-6-4-5-7-13(12)10-17-18(22)14-8-9-16(21)15(11-20(2)3)19(14)23-17/h4-10,21H,11H2,1-3H3/b17-10+. The molecule has 1 heterocycles. The Kier molecular flexibility index (Phi) is 3.92.